The molecule has 18 heavy (non-hydrogen) atoms. The van der Waals surface area contributed by atoms with Crippen LogP contribution in [0.4, 0.5) is 15.8 Å². The van der Waals surface area contributed by atoms with Crippen LogP contribution in [0.15, 0.2) is 18.2 Å². The summed E-state index contributed by atoms with van der Waals surface area (Å²) in [6, 6.07) is 3.72. The maximum Gasteiger partial charge on any atom is 0.303 e. The number of nitrogens with two attached hydrogens (primary N) is 1. The Morgan fingerprint density at radius 2 is 1.94 bits per heavy atom. The maximum absolute atomic E-state index is 12.9. The van der Waals surface area contributed by atoms with Crippen molar-refractivity contribution in [3.05, 3.63) is 24.0 Å². The Kier molecular flexibility index (Phi) is 5.10. The second-order valence-corrected chi connectivity index (χ2v) is 3.88. The quantitative estimate of drug-likeness (QED) is 0.534. The number of carbonyl (C=O) groups excluding carboxylic acids is 1. The van der Waals surface area contributed by atoms with Gasteiger partial charge in [0.05, 0.1) is 11.4 Å². The largest absolute Gasteiger partial charge is 0.481 e. The summed E-state index contributed by atoms with van der Waals surface area (Å²) >= 11 is 0. The highest BCUT2D eigenvalue weighted by molar-refractivity contribution is 5.93. The van der Waals surface area contributed by atoms with Crippen molar-refractivity contribution in [3.8, 4) is 0 Å². The van der Waals surface area contributed by atoms with Crippen molar-refractivity contribution in [2.75, 3.05) is 11.1 Å². The molecule has 0 heterocycles. The molecule has 0 fully saturated rings. The van der Waals surface area contributed by atoms with Crippen molar-refractivity contribution < 1.29 is 19.1 Å². The van der Waals surface area contributed by atoms with Gasteiger partial charge >= 0.3 is 5.97 Å². The van der Waals surface area contributed by atoms with Crippen LogP contribution < -0.4 is 11.1 Å². The number of carboxylic acids is 1. The standard InChI is InChI=1S/C12H15FN2O3/c13-8-5-6-9(14)10(7-8)15-11(16)3-1-2-4-12(17)18/h5-7H,1-4,14H2,(H,15,16)(H,17,18). The highest BCUT2D eigenvalue weighted by atomic mass is 19.1. The lowest BCUT2D eigenvalue weighted by atomic mass is 10.2. The number of amides is 1. The Hall–Kier alpha value is -2.11. The number of carbonyl (C=O) groups is 2. The first-order chi connectivity index (χ1) is 8.49. The second-order valence-electron chi connectivity index (χ2n) is 3.88. The average molecular weight is 254 g/mol. The van der Waals surface area contributed by atoms with Crippen LogP contribution in [0.25, 0.3) is 0 Å². The van der Waals surface area contributed by atoms with E-state index < -0.39 is 11.8 Å². The Morgan fingerprint density at radius 1 is 1.28 bits per heavy atom. The van der Waals surface area contributed by atoms with Crippen LogP contribution in [-0.4, -0.2) is 17.0 Å². The molecule has 0 aliphatic carbocycles. The van der Waals surface area contributed by atoms with E-state index in [2.05, 4.69) is 5.32 Å². The Labute approximate surface area is 104 Å². The van der Waals surface area contributed by atoms with Crippen LogP contribution in [0.3, 0.4) is 0 Å². The lowest BCUT2D eigenvalue weighted by molar-refractivity contribution is -0.137. The molecule has 0 aliphatic rings. The fraction of sp³-hybridized carbons (Fsp3) is 0.333. The SMILES string of the molecule is Nc1ccc(F)cc1NC(=O)CCCCC(=O)O. The van der Waals surface area contributed by atoms with Crippen molar-refractivity contribution in [2.45, 2.75) is 25.7 Å². The van der Waals surface area contributed by atoms with Crippen LogP contribution >= 0.6 is 0 Å². The molecule has 1 aromatic carbocycles. The summed E-state index contributed by atoms with van der Waals surface area (Å²) in [5.41, 5.74) is 6.09. The van der Waals surface area contributed by atoms with Crippen molar-refractivity contribution >= 4 is 23.3 Å². The van der Waals surface area contributed by atoms with Gasteiger partial charge in [-0.15, -0.1) is 0 Å². The van der Waals surface area contributed by atoms with Crippen LogP contribution in [-0.2, 0) is 9.59 Å². The zero-order chi connectivity index (χ0) is 13.5. The zero-order valence-corrected chi connectivity index (χ0v) is 9.78. The molecule has 0 aliphatic heterocycles. The van der Waals surface area contributed by atoms with Gasteiger partial charge in [0.25, 0.3) is 0 Å². The molecule has 0 aromatic heterocycles. The normalized spacial score (nSPS) is 10.1. The number of rotatable bonds is 6. The first-order valence-electron chi connectivity index (χ1n) is 5.55. The summed E-state index contributed by atoms with van der Waals surface area (Å²) in [4.78, 5) is 21.7. The van der Waals surface area contributed by atoms with E-state index in [0.717, 1.165) is 6.07 Å². The number of halogens is 1. The Morgan fingerprint density at radius 3 is 2.61 bits per heavy atom. The summed E-state index contributed by atoms with van der Waals surface area (Å²) in [6.45, 7) is 0. The third-order valence-corrected chi connectivity index (χ3v) is 2.33. The fourth-order valence-electron chi connectivity index (χ4n) is 1.41. The summed E-state index contributed by atoms with van der Waals surface area (Å²) in [5, 5.41) is 10.9. The van der Waals surface area contributed by atoms with Crippen LogP contribution in [0.5, 0.6) is 0 Å². The Balaban J connectivity index is 2.40. The zero-order valence-electron chi connectivity index (χ0n) is 9.78. The van der Waals surface area contributed by atoms with Crippen LogP contribution in [0.2, 0.25) is 0 Å². The third-order valence-electron chi connectivity index (χ3n) is 2.33. The molecule has 0 saturated carbocycles. The van der Waals surface area contributed by atoms with Crippen molar-refractivity contribution in [3.63, 3.8) is 0 Å². The van der Waals surface area contributed by atoms with Gasteiger partial charge in [0.2, 0.25) is 5.91 Å². The number of benzene rings is 1. The molecule has 0 saturated heterocycles. The molecular weight excluding hydrogens is 239 g/mol. The molecule has 1 aromatic rings. The second kappa shape index (κ2) is 6.58. The minimum atomic E-state index is -0.884. The summed E-state index contributed by atoms with van der Waals surface area (Å²) < 4.78 is 12.9. The number of nitrogens with one attached hydrogen (secondary N) is 1. The molecule has 5 nitrogen and oxygen atoms in total. The average Bonchev–Trinajstić information content (AvgIpc) is 2.29. The van der Waals surface area contributed by atoms with E-state index in [-0.39, 0.29) is 30.1 Å². The van der Waals surface area contributed by atoms with Gasteiger partial charge in [-0.1, -0.05) is 0 Å². The van der Waals surface area contributed by atoms with Crippen molar-refractivity contribution in [1.29, 1.82) is 0 Å². The molecule has 1 rings (SSSR count). The fourth-order valence-corrected chi connectivity index (χ4v) is 1.41. The minimum absolute atomic E-state index is 0.0371. The predicted molar refractivity (Wildman–Crippen MR) is 65.5 cm³/mol. The lowest BCUT2D eigenvalue weighted by Crippen LogP contribution is -2.13. The molecule has 0 atom stereocenters. The monoisotopic (exact) mass is 254 g/mol. The van der Waals surface area contributed by atoms with E-state index in [0.29, 0.717) is 12.8 Å². The van der Waals surface area contributed by atoms with E-state index in [1.165, 1.54) is 12.1 Å². The first-order valence-corrected chi connectivity index (χ1v) is 5.55. The molecule has 6 heteroatoms. The number of unbranched alkanes of at least 4 members (excludes halogenated alkanes) is 1. The number of aliphatic carboxylic acids is 1. The Bertz CT molecular complexity index is 449. The van der Waals surface area contributed by atoms with E-state index in [1.807, 2.05) is 0 Å². The topological polar surface area (TPSA) is 92.4 Å². The molecule has 0 unspecified atom stereocenters. The van der Waals surface area contributed by atoms with Crippen LogP contribution in [0.1, 0.15) is 25.7 Å². The van der Waals surface area contributed by atoms with Gasteiger partial charge in [0.15, 0.2) is 0 Å². The minimum Gasteiger partial charge on any atom is -0.481 e. The lowest BCUT2D eigenvalue weighted by Gasteiger charge is -2.07. The third kappa shape index (κ3) is 4.82. The summed E-state index contributed by atoms with van der Waals surface area (Å²) in [6.07, 6.45) is 1.12. The number of carboxylic acid groups (broad SMARTS) is 1. The summed E-state index contributed by atoms with van der Waals surface area (Å²) in [5.74, 6) is -1.67. The summed E-state index contributed by atoms with van der Waals surface area (Å²) in [7, 11) is 0. The smallest absolute Gasteiger partial charge is 0.303 e. The van der Waals surface area contributed by atoms with Gasteiger partial charge in [-0.3, -0.25) is 9.59 Å². The van der Waals surface area contributed by atoms with E-state index >= 15 is 0 Å². The van der Waals surface area contributed by atoms with Gasteiger partial charge < -0.3 is 16.2 Å². The maximum atomic E-state index is 12.9. The molecule has 1 amide bonds. The van der Waals surface area contributed by atoms with Gasteiger partial charge in [0.1, 0.15) is 5.82 Å². The molecule has 0 spiro atoms. The first kappa shape index (κ1) is 14.0. The molecule has 4 N–H and O–H groups in total. The highest BCUT2D eigenvalue weighted by Gasteiger charge is 2.06. The van der Waals surface area contributed by atoms with Crippen molar-refractivity contribution in [2.24, 2.45) is 0 Å². The number of nitrogen functional groups attached to an aromatic ring is 1. The van der Waals surface area contributed by atoms with Crippen molar-refractivity contribution in [1.82, 2.24) is 0 Å². The molecule has 0 bridgehead atoms. The van der Waals surface area contributed by atoms with Gasteiger partial charge in [-0.2, -0.15) is 0 Å². The number of anilines is 2. The predicted octanol–water partition coefficient (Wildman–Crippen LogP) is 1.99. The molecule has 98 valence electrons. The number of hydrogen-bond donors (Lipinski definition) is 3. The molecule has 0 radical (unpaired) electrons. The van der Waals surface area contributed by atoms with Gasteiger partial charge in [0, 0.05) is 12.8 Å². The van der Waals surface area contributed by atoms with Crippen LogP contribution in [0, 0.1) is 5.82 Å². The highest BCUT2D eigenvalue weighted by Crippen LogP contribution is 2.19. The van der Waals surface area contributed by atoms with E-state index in [4.69, 9.17) is 10.8 Å². The van der Waals surface area contributed by atoms with E-state index in [1.54, 1.807) is 0 Å². The molecular formula is C12H15FN2O3. The van der Waals surface area contributed by atoms with Gasteiger partial charge in [-0.25, -0.2) is 4.39 Å². The number of hydrogen-bond acceptors (Lipinski definition) is 3. The van der Waals surface area contributed by atoms with Gasteiger partial charge in [-0.05, 0) is 31.0 Å². The van der Waals surface area contributed by atoms with E-state index in [9.17, 15) is 14.0 Å².